The van der Waals surface area contributed by atoms with Crippen molar-refractivity contribution in [1.82, 2.24) is 25.0 Å². The molecule has 0 spiro atoms. The average molecular weight is 506 g/mol. The van der Waals surface area contributed by atoms with E-state index in [9.17, 15) is 4.79 Å². The van der Waals surface area contributed by atoms with Crippen LogP contribution in [-0.2, 0) is 7.05 Å². The number of rotatable bonds is 11. The Morgan fingerprint density at radius 1 is 1.33 bits per heavy atom. The average Bonchev–Trinajstić information content (AvgIpc) is 3.50. The third kappa shape index (κ3) is 5.57. The number of likely N-dealkylation sites (N-methyl/N-ethyl adjacent to an activating group) is 1. The maximum absolute atomic E-state index is 13.2. The van der Waals surface area contributed by atoms with E-state index in [2.05, 4.69) is 47.6 Å². The minimum Gasteiger partial charge on any atom is -0.356 e. The van der Waals surface area contributed by atoms with Gasteiger partial charge in [-0.2, -0.15) is 5.10 Å². The van der Waals surface area contributed by atoms with Gasteiger partial charge in [0.05, 0.1) is 28.0 Å². The number of aliphatic imine (C=N–C) groups is 1. The normalized spacial score (nSPS) is 14.6. The number of hydrogen-bond donors (Lipinski definition) is 1. The Balaban J connectivity index is 1.68. The van der Waals surface area contributed by atoms with Gasteiger partial charge in [0.2, 0.25) is 0 Å². The number of hydrogen-bond acceptors (Lipinski definition) is 7. The fourth-order valence-corrected chi connectivity index (χ4v) is 5.01. The first-order chi connectivity index (χ1) is 17.4. The van der Waals surface area contributed by atoms with E-state index in [0.717, 1.165) is 54.6 Å². The Morgan fingerprint density at radius 3 is 2.72 bits per heavy atom. The Hall–Kier alpha value is -3.30. The van der Waals surface area contributed by atoms with Crippen LogP contribution < -0.4 is 10.2 Å². The van der Waals surface area contributed by atoms with E-state index in [0.29, 0.717) is 23.6 Å². The van der Waals surface area contributed by atoms with Gasteiger partial charge in [0.15, 0.2) is 5.82 Å². The lowest BCUT2D eigenvalue weighted by molar-refractivity contribution is 0.0938. The molecule has 3 aromatic heterocycles. The van der Waals surface area contributed by atoms with Crippen LogP contribution in [0.5, 0.6) is 0 Å². The quantitative estimate of drug-likeness (QED) is 0.388. The number of carbonyl (C=O) groups excluding carboxylic acids is 1. The van der Waals surface area contributed by atoms with Crippen LogP contribution in [0.2, 0.25) is 0 Å². The van der Waals surface area contributed by atoms with Gasteiger partial charge >= 0.3 is 0 Å². The summed E-state index contributed by atoms with van der Waals surface area (Å²) in [6.45, 7) is 14.7. The molecule has 0 saturated carbocycles. The molecule has 3 aromatic rings. The number of nitrogens with zero attached hydrogens (tertiary/aromatic N) is 6. The summed E-state index contributed by atoms with van der Waals surface area (Å²) in [6.07, 6.45) is 4.64. The molecule has 4 heterocycles. The number of thiophene rings is 1. The van der Waals surface area contributed by atoms with Gasteiger partial charge in [-0.15, -0.1) is 11.3 Å². The van der Waals surface area contributed by atoms with Crippen molar-refractivity contribution in [2.45, 2.75) is 33.2 Å². The zero-order valence-electron chi connectivity index (χ0n) is 21.6. The fourth-order valence-electron chi connectivity index (χ4n) is 4.30. The maximum Gasteiger partial charge on any atom is 0.251 e. The minimum absolute atomic E-state index is 0.0984. The second-order valence-electron chi connectivity index (χ2n) is 8.90. The van der Waals surface area contributed by atoms with Crippen LogP contribution in [0.4, 0.5) is 11.6 Å². The molecular formula is C27H35N7OS. The molecule has 1 atom stereocenters. The lowest BCUT2D eigenvalue weighted by Crippen LogP contribution is -2.42. The molecule has 1 saturated heterocycles. The van der Waals surface area contributed by atoms with Crippen molar-refractivity contribution < 1.29 is 4.79 Å². The molecule has 1 N–H and O–H groups in total. The Kier molecular flexibility index (Phi) is 8.32. The highest BCUT2D eigenvalue weighted by molar-refractivity contribution is 7.12. The number of carbonyl (C=O) groups is 1. The molecule has 1 fully saturated rings. The molecule has 8 nitrogen and oxygen atoms in total. The molecule has 1 amide bonds. The smallest absolute Gasteiger partial charge is 0.251 e. The van der Waals surface area contributed by atoms with Gasteiger partial charge in [-0.3, -0.25) is 14.4 Å². The van der Waals surface area contributed by atoms with Crippen molar-refractivity contribution in [2.24, 2.45) is 12.0 Å². The molecule has 0 radical (unpaired) electrons. The van der Waals surface area contributed by atoms with Crippen molar-refractivity contribution in [3.05, 3.63) is 58.9 Å². The summed E-state index contributed by atoms with van der Waals surface area (Å²) < 4.78 is 1.73. The van der Waals surface area contributed by atoms with Crippen LogP contribution in [0.15, 0.2) is 53.5 Å². The third-order valence-corrected chi connectivity index (χ3v) is 7.52. The monoisotopic (exact) mass is 505 g/mol. The highest BCUT2D eigenvalue weighted by Gasteiger charge is 2.22. The minimum atomic E-state index is -0.0984. The first-order valence-electron chi connectivity index (χ1n) is 12.5. The lowest BCUT2D eigenvalue weighted by Gasteiger charge is -2.32. The summed E-state index contributed by atoms with van der Waals surface area (Å²) in [5, 5.41) is 9.60. The van der Waals surface area contributed by atoms with E-state index in [-0.39, 0.29) is 11.9 Å². The van der Waals surface area contributed by atoms with Crippen molar-refractivity contribution in [1.29, 1.82) is 0 Å². The van der Waals surface area contributed by atoms with Gasteiger partial charge in [0.25, 0.3) is 5.91 Å². The van der Waals surface area contributed by atoms with E-state index in [1.54, 1.807) is 28.3 Å². The van der Waals surface area contributed by atoms with Gasteiger partial charge in [0.1, 0.15) is 5.82 Å². The molecule has 1 aliphatic heterocycles. The van der Waals surface area contributed by atoms with E-state index in [1.807, 2.05) is 36.7 Å². The molecule has 0 bridgehead atoms. The summed E-state index contributed by atoms with van der Waals surface area (Å²) in [6, 6.07) is 8.00. The molecule has 36 heavy (non-hydrogen) atoms. The highest BCUT2D eigenvalue weighted by atomic mass is 32.1. The van der Waals surface area contributed by atoms with E-state index >= 15 is 0 Å². The summed E-state index contributed by atoms with van der Waals surface area (Å²) in [7, 11) is 1.86. The van der Waals surface area contributed by atoms with Crippen molar-refractivity contribution in [2.75, 3.05) is 37.6 Å². The molecule has 4 rings (SSSR count). The zero-order chi connectivity index (χ0) is 25.7. The predicted molar refractivity (Wildman–Crippen MR) is 149 cm³/mol. The second kappa shape index (κ2) is 11.6. The van der Waals surface area contributed by atoms with Gasteiger partial charge in [-0.25, -0.2) is 9.98 Å². The fraction of sp³-hybridized carbons (Fsp3) is 0.407. The maximum atomic E-state index is 13.2. The van der Waals surface area contributed by atoms with Crippen LogP contribution >= 0.6 is 11.3 Å². The summed E-state index contributed by atoms with van der Waals surface area (Å²) in [5.41, 5.74) is 2.83. The Labute approximate surface area is 217 Å². The number of allylic oxidation sites excluding steroid dienone is 1. The van der Waals surface area contributed by atoms with Crippen LogP contribution in [-0.4, -0.2) is 70.0 Å². The molecule has 1 unspecified atom stereocenters. The largest absolute Gasteiger partial charge is 0.356 e. The SMILES string of the molecule is C=CC(=Nc1c(-c2cc(C(=O)NCC(C)N(CC)CC)cc(N3CCC3)n2)cnn1C)c1cccs1. The van der Waals surface area contributed by atoms with Crippen molar-refractivity contribution >= 4 is 34.6 Å². The molecule has 0 aliphatic carbocycles. The second-order valence-corrected chi connectivity index (χ2v) is 9.85. The highest BCUT2D eigenvalue weighted by Crippen LogP contribution is 2.32. The van der Waals surface area contributed by atoms with E-state index in [1.165, 1.54) is 0 Å². The Morgan fingerprint density at radius 2 is 2.11 bits per heavy atom. The zero-order valence-corrected chi connectivity index (χ0v) is 22.4. The third-order valence-electron chi connectivity index (χ3n) is 6.62. The summed E-state index contributed by atoms with van der Waals surface area (Å²) >= 11 is 1.61. The number of aryl methyl sites for hydroxylation is 1. The van der Waals surface area contributed by atoms with Crippen LogP contribution in [0, 0.1) is 0 Å². The van der Waals surface area contributed by atoms with Gasteiger partial charge in [-0.05, 0) is 56.1 Å². The van der Waals surface area contributed by atoms with E-state index < -0.39 is 0 Å². The van der Waals surface area contributed by atoms with Gasteiger partial charge < -0.3 is 10.2 Å². The Bertz CT molecular complexity index is 1220. The topological polar surface area (TPSA) is 78.7 Å². The summed E-state index contributed by atoms with van der Waals surface area (Å²) in [5.74, 6) is 1.38. The molecule has 190 valence electrons. The summed E-state index contributed by atoms with van der Waals surface area (Å²) in [4.78, 5) is 28.6. The first-order valence-corrected chi connectivity index (χ1v) is 13.4. The standard InChI is InChI=1S/C27H35N7OS/c1-6-22(24-11-9-14-36-24)31-26-21(18-29-32(26)5)23-15-20(16-25(30-23)34-12-10-13-34)27(35)28-17-19(4)33(7-2)8-3/h6,9,11,14-16,18-19H,1,7-8,10,12-13,17H2,2-5H3,(H,28,35). The van der Waals surface area contributed by atoms with Crippen molar-refractivity contribution in [3.63, 3.8) is 0 Å². The number of pyridine rings is 1. The van der Waals surface area contributed by atoms with Crippen LogP contribution in [0.25, 0.3) is 11.3 Å². The predicted octanol–water partition coefficient (Wildman–Crippen LogP) is 4.52. The molecular weight excluding hydrogens is 470 g/mol. The van der Waals surface area contributed by atoms with Crippen LogP contribution in [0.1, 0.15) is 42.4 Å². The number of anilines is 1. The first kappa shape index (κ1) is 25.8. The van der Waals surface area contributed by atoms with Crippen LogP contribution in [0.3, 0.4) is 0 Å². The van der Waals surface area contributed by atoms with Gasteiger partial charge in [0, 0.05) is 38.3 Å². The van der Waals surface area contributed by atoms with Crippen molar-refractivity contribution in [3.8, 4) is 11.3 Å². The van der Waals surface area contributed by atoms with E-state index in [4.69, 9.17) is 9.98 Å². The number of aromatic nitrogens is 3. The molecule has 0 aromatic carbocycles. The molecule has 1 aliphatic rings. The number of nitrogens with one attached hydrogen (secondary N) is 1. The molecule has 9 heteroatoms. The lowest BCUT2D eigenvalue weighted by atomic mass is 10.1. The van der Waals surface area contributed by atoms with Gasteiger partial charge in [-0.1, -0.05) is 26.5 Å². The number of amides is 1.